The predicted molar refractivity (Wildman–Crippen MR) is 94.9 cm³/mol. The average molecular weight is 397 g/mol. The highest BCUT2D eigenvalue weighted by Gasteiger charge is 2.34. The summed E-state index contributed by atoms with van der Waals surface area (Å²) in [5.41, 5.74) is 0.0554. The Morgan fingerprint density at radius 1 is 1.15 bits per heavy atom. The van der Waals surface area contributed by atoms with Crippen LogP contribution in [-0.2, 0) is 17.2 Å². The van der Waals surface area contributed by atoms with Crippen LogP contribution in [0.4, 0.5) is 24.8 Å². The van der Waals surface area contributed by atoms with Crippen LogP contribution >= 0.6 is 0 Å². The molecule has 2 aromatic heterocycles. The van der Waals surface area contributed by atoms with Crippen LogP contribution in [0.25, 0.3) is 0 Å². The van der Waals surface area contributed by atoms with E-state index in [2.05, 4.69) is 20.3 Å². The highest BCUT2D eigenvalue weighted by atomic mass is 32.2. The summed E-state index contributed by atoms with van der Waals surface area (Å²) < 4.78 is 52.0. The van der Waals surface area contributed by atoms with Gasteiger partial charge in [0.2, 0.25) is 0 Å². The zero-order valence-corrected chi connectivity index (χ0v) is 15.3. The maximum atomic E-state index is 12.9. The van der Waals surface area contributed by atoms with Crippen LogP contribution in [0.1, 0.15) is 41.8 Å². The molecule has 1 N–H and O–H groups in total. The molecule has 0 amide bonds. The lowest BCUT2D eigenvalue weighted by atomic mass is 9.98. The lowest BCUT2D eigenvalue weighted by Crippen LogP contribution is -2.45. The predicted octanol–water partition coefficient (Wildman–Crippen LogP) is 3.20. The van der Waals surface area contributed by atoms with Gasteiger partial charge in [-0.05, 0) is 25.0 Å². The van der Waals surface area contributed by atoms with Gasteiger partial charge in [0.05, 0.1) is 22.2 Å². The number of nitrogens with zero attached hydrogens (tertiary/aromatic N) is 4. The van der Waals surface area contributed by atoms with E-state index in [-0.39, 0.29) is 11.7 Å². The number of nitrogens with one attached hydrogen (secondary N) is 1. The summed E-state index contributed by atoms with van der Waals surface area (Å²) in [6, 6.07) is 3.64. The molecular weight excluding hydrogens is 379 g/mol. The number of alkyl halides is 3. The van der Waals surface area contributed by atoms with Gasteiger partial charge in [-0.15, -0.1) is 0 Å². The molecule has 4 rings (SSSR count). The molecule has 0 radical (unpaired) electrons. The lowest BCUT2D eigenvalue weighted by Gasteiger charge is -2.36. The minimum absolute atomic E-state index is 0.0844. The van der Waals surface area contributed by atoms with Gasteiger partial charge in [0, 0.05) is 43.4 Å². The Kier molecular flexibility index (Phi) is 4.63. The summed E-state index contributed by atoms with van der Waals surface area (Å²) in [5.74, 6) is 1.67. The molecule has 1 unspecified atom stereocenters. The molecule has 1 saturated carbocycles. The van der Waals surface area contributed by atoms with E-state index in [1.165, 1.54) is 0 Å². The van der Waals surface area contributed by atoms with Crippen LogP contribution < -0.4 is 5.32 Å². The van der Waals surface area contributed by atoms with Gasteiger partial charge >= 0.3 is 6.18 Å². The molecule has 144 valence electrons. The maximum Gasteiger partial charge on any atom is 0.416 e. The first-order valence-electron chi connectivity index (χ1n) is 8.57. The highest BCUT2D eigenvalue weighted by molar-refractivity contribution is 7.81. The van der Waals surface area contributed by atoms with E-state index in [1.54, 1.807) is 12.3 Å². The molecular formula is C17H18F3N5OS. The zero-order chi connectivity index (χ0) is 19.2. The molecule has 0 aromatic carbocycles. The van der Waals surface area contributed by atoms with E-state index in [0.29, 0.717) is 30.6 Å². The quantitative estimate of drug-likeness (QED) is 0.839. The third-order valence-corrected chi connectivity index (χ3v) is 5.70. The third-order valence-electron chi connectivity index (χ3n) is 4.68. The van der Waals surface area contributed by atoms with E-state index >= 15 is 0 Å². The van der Waals surface area contributed by atoms with Crippen molar-refractivity contribution in [2.75, 3.05) is 24.7 Å². The number of aromatic nitrogens is 3. The summed E-state index contributed by atoms with van der Waals surface area (Å²) in [4.78, 5) is 13.1. The first-order chi connectivity index (χ1) is 12.8. The third kappa shape index (κ3) is 4.11. The highest BCUT2D eigenvalue weighted by Crippen LogP contribution is 2.40. The molecule has 0 bridgehead atoms. The minimum atomic E-state index is -4.43. The largest absolute Gasteiger partial charge is 0.416 e. The monoisotopic (exact) mass is 397 g/mol. The summed E-state index contributed by atoms with van der Waals surface area (Å²) in [7, 11) is -1.01. The molecule has 10 heteroatoms. The Morgan fingerprint density at radius 2 is 1.89 bits per heavy atom. The molecule has 2 aliphatic rings. The Morgan fingerprint density at radius 3 is 2.52 bits per heavy atom. The summed E-state index contributed by atoms with van der Waals surface area (Å²) in [6.07, 6.45) is 0.356. The standard InChI is InChI=1S/C17H18F3N5OS/c1-27(26)25-8-11(9-25)13-7-15(24-16(22-13)10-2-3-10)23-14-6-12(4-5-21-14)17(18,19)20/h4-7,10-11H,2-3,8-9H2,1H3,(H,21,22,23,24). The molecule has 3 heterocycles. The number of hydrogen-bond donors (Lipinski definition) is 1. The first kappa shape index (κ1) is 18.3. The fraction of sp³-hybridized carbons (Fsp3) is 0.471. The smallest absolute Gasteiger partial charge is 0.325 e. The van der Waals surface area contributed by atoms with E-state index in [0.717, 1.165) is 36.9 Å². The topological polar surface area (TPSA) is 71.0 Å². The molecule has 1 aliphatic carbocycles. The second-order valence-electron chi connectivity index (χ2n) is 6.83. The number of anilines is 2. The molecule has 2 aromatic rings. The van der Waals surface area contributed by atoms with Gasteiger partial charge in [-0.1, -0.05) is 0 Å². The average Bonchev–Trinajstić information content (AvgIpc) is 3.37. The Labute approximate surface area is 156 Å². The lowest BCUT2D eigenvalue weighted by molar-refractivity contribution is -0.137. The zero-order valence-electron chi connectivity index (χ0n) is 14.5. The van der Waals surface area contributed by atoms with E-state index < -0.39 is 22.7 Å². The molecule has 0 spiro atoms. The van der Waals surface area contributed by atoms with Gasteiger partial charge < -0.3 is 5.32 Å². The van der Waals surface area contributed by atoms with Crippen LogP contribution in [-0.4, -0.2) is 42.8 Å². The minimum Gasteiger partial charge on any atom is -0.325 e. The SMILES string of the molecule is CS(=O)N1CC(c2cc(Nc3cc(C(F)(F)F)ccn3)nc(C3CC3)n2)C1. The van der Waals surface area contributed by atoms with Gasteiger partial charge in [0.1, 0.15) is 17.5 Å². The molecule has 1 atom stereocenters. The van der Waals surface area contributed by atoms with Crippen LogP contribution in [0.3, 0.4) is 0 Å². The maximum absolute atomic E-state index is 12.9. The molecule has 1 aliphatic heterocycles. The van der Waals surface area contributed by atoms with Crippen molar-refractivity contribution in [3.8, 4) is 0 Å². The van der Waals surface area contributed by atoms with Gasteiger partial charge in [-0.2, -0.15) is 13.2 Å². The summed E-state index contributed by atoms with van der Waals surface area (Å²) in [5, 5.41) is 2.88. The van der Waals surface area contributed by atoms with Crippen LogP contribution in [0.15, 0.2) is 24.4 Å². The van der Waals surface area contributed by atoms with Crippen molar-refractivity contribution in [2.45, 2.75) is 30.9 Å². The van der Waals surface area contributed by atoms with Crippen molar-refractivity contribution in [2.24, 2.45) is 0 Å². The Bertz CT molecular complexity index is 881. The fourth-order valence-corrected chi connectivity index (χ4v) is 3.70. The van der Waals surface area contributed by atoms with Gasteiger partial charge in [-0.3, -0.25) is 0 Å². The van der Waals surface area contributed by atoms with E-state index in [9.17, 15) is 17.4 Å². The van der Waals surface area contributed by atoms with Crippen LogP contribution in [0.5, 0.6) is 0 Å². The fourth-order valence-electron chi connectivity index (χ4n) is 2.92. The summed E-state index contributed by atoms with van der Waals surface area (Å²) in [6.45, 7) is 1.29. The number of pyridine rings is 1. The van der Waals surface area contributed by atoms with E-state index in [1.807, 2.05) is 4.31 Å². The van der Waals surface area contributed by atoms with Crippen molar-refractivity contribution in [3.05, 3.63) is 41.5 Å². The van der Waals surface area contributed by atoms with E-state index in [4.69, 9.17) is 0 Å². The molecule has 1 saturated heterocycles. The summed E-state index contributed by atoms with van der Waals surface area (Å²) >= 11 is 0. The van der Waals surface area contributed by atoms with Crippen molar-refractivity contribution < 1.29 is 17.4 Å². The van der Waals surface area contributed by atoms with Crippen LogP contribution in [0, 0.1) is 0 Å². The van der Waals surface area contributed by atoms with Gasteiger partial charge in [0.25, 0.3) is 0 Å². The molecule has 2 fully saturated rings. The van der Waals surface area contributed by atoms with Crippen molar-refractivity contribution >= 4 is 22.6 Å². The van der Waals surface area contributed by atoms with Crippen molar-refractivity contribution in [1.29, 1.82) is 0 Å². The van der Waals surface area contributed by atoms with Crippen molar-refractivity contribution in [3.63, 3.8) is 0 Å². The molecule has 27 heavy (non-hydrogen) atoms. The number of halogens is 3. The van der Waals surface area contributed by atoms with Crippen molar-refractivity contribution in [1.82, 2.24) is 19.3 Å². The Hall–Kier alpha value is -2.07. The number of rotatable bonds is 5. The second-order valence-corrected chi connectivity index (χ2v) is 8.19. The number of hydrogen-bond acceptors (Lipinski definition) is 5. The van der Waals surface area contributed by atoms with Crippen LogP contribution in [0.2, 0.25) is 0 Å². The second kappa shape index (κ2) is 6.83. The van der Waals surface area contributed by atoms with Gasteiger partial charge in [-0.25, -0.2) is 23.5 Å². The Balaban J connectivity index is 1.58. The molecule has 6 nitrogen and oxygen atoms in total. The van der Waals surface area contributed by atoms with Gasteiger partial charge in [0.15, 0.2) is 0 Å². The first-order valence-corrected chi connectivity index (χ1v) is 10.1. The normalized spacial score (nSPS) is 19.6.